The second-order valence-corrected chi connectivity index (χ2v) is 4.85. The highest BCUT2D eigenvalue weighted by atomic mass is 16.5. The smallest absolute Gasteiger partial charge is 0.166 e. The lowest BCUT2D eigenvalue weighted by atomic mass is 9.82. The van der Waals surface area contributed by atoms with Crippen molar-refractivity contribution in [3.8, 4) is 5.75 Å². The van der Waals surface area contributed by atoms with Gasteiger partial charge in [0.2, 0.25) is 0 Å². The van der Waals surface area contributed by atoms with E-state index in [2.05, 4.69) is 0 Å². The molecule has 0 amide bonds. The standard InChI is InChI=1S/C15H16O3/c1-17-12-5-3-11(4-6-12)14-13(16)7-9-15(14)8-2-10-18-15/h3-7,9,14H,2,8,10H2,1H3/t14-,15-/m1/s1. The molecule has 0 radical (unpaired) electrons. The monoisotopic (exact) mass is 244 g/mol. The zero-order valence-electron chi connectivity index (χ0n) is 10.4. The van der Waals surface area contributed by atoms with Gasteiger partial charge in [-0.1, -0.05) is 12.1 Å². The highest BCUT2D eigenvalue weighted by Crippen LogP contribution is 2.45. The Morgan fingerprint density at radius 3 is 2.72 bits per heavy atom. The first kappa shape index (κ1) is 11.5. The number of ketones is 1. The molecule has 0 N–H and O–H groups in total. The van der Waals surface area contributed by atoms with Crippen LogP contribution in [0.25, 0.3) is 0 Å². The zero-order valence-corrected chi connectivity index (χ0v) is 10.4. The Bertz CT molecular complexity index is 481. The van der Waals surface area contributed by atoms with Crippen LogP contribution in [0.2, 0.25) is 0 Å². The number of rotatable bonds is 2. The van der Waals surface area contributed by atoms with E-state index in [1.165, 1.54) is 0 Å². The highest BCUT2D eigenvalue weighted by Gasteiger charge is 2.48. The molecule has 0 saturated carbocycles. The number of hydrogen-bond donors (Lipinski definition) is 0. The molecule has 1 saturated heterocycles. The largest absolute Gasteiger partial charge is 0.497 e. The maximum absolute atomic E-state index is 12.1. The molecule has 3 rings (SSSR count). The molecule has 1 aliphatic heterocycles. The molecule has 3 nitrogen and oxygen atoms in total. The van der Waals surface area contributed by atoms with Crippen molar-refractivity contribution in [2.24, 2.45) is 0 Å². The number of ether oxygens (including phenoxy) is 2. The van der Waals surface area contributed by atoms with Crippen LogP contribution in [0.5, 0.6) is 5.75 Å². The molecule has 1 aliphatic carbocycles. The lowest BCUT2D eigenvalue weighted by molar-refractivity contribution is -0.119. The Morgan fingerprint density at radius 1 is 1.33 bits per heavy atom. The molecule has 18 heavy (non-hydrogen) atoms. The van der Waals surface area contributed by atoms with Gasteiger partial charge in [0.25, 0.3) is 0 Å². The summed E-state index contributed by atoms with van der Waals surface area (Å²) in [5.41, 5.74) is 0.610. The van der Waals surface area contributed by atoms with E-state index in [-0.39, 0.29) is 11.7 Å². The Hall–Kier alpha value is -1.61. The predicted molar refractivity (Wildman–Crippen MR) is 67.8 cm³/mol. The Kier molecular flexibility index (Phi) is 2.71. The summed E-state index contributed by atoms with van der Waals surface area (Å²) in [5, 5.41) is 0. The Morgan fingerprint density at radius 2 is 2.11 bits per heavy atom. The first-order chi connectivity index (χ1) is 8.75. The van der Waals surface area contributed by atoms with Crippen LogP contribution in [-0.2, 0) is 9.53 Å². The topological polar surface area (TPSA) is 35.5 Å². The average molecular weight is 244 g/mol. The lowest BCUT2D eigenvalue weighted by Crippen LogP contribution is -2.33. The van der Waals surface area contributed by atoms with E-state index in [9.17, 15) is 4.79 Å². The van der Waals surface area contributed by atoms with E-state index in [0.29, 0.717) is 0 Å². The molecule has 2 aliphatic rings. The molecule has 1 spiro atoms. The lowest BCUT2D eigenvalue weighted by Gasteiger charge is -2.28. The summed E-state index contributed by atoms with van der Waals surface area (Å²) < 4.78 is 11.0. The van der Waals surface area contributed by atoms with Gasteiger partial charge in [0.15, 0.2) is 5.78 Å². The third kappa shape index (κ3) is 1.66. The summed E-state index contributed by atoms with van der Waals surface area (Å²) in [6, 6.07) is 7.70. The van der Waals surface area contributed by atoms with Crippen LogP contribution >= 0.6 is 0 Å². The number of carbonyl (C=O) groups is 1. The highest BCUT2D eigenvalue weighted by molar-refractivity contribution is 6.00. The molecule has 0 bridgehead atoms. The number of methoxy groups -OCH3 is 1. The molecule has 0 aromatic heterocycles. The Labute approximate surface area is 106 Å². The third-order valence-electron chi connectivity index (χ3n) is 3.83. The molecule has 1 aromatic rings. The summed E-state index contributed by atoms with van der Waals surface area (Å²) in [7, 11) is 1.64. The zero-order chi connectivity index (χ0) is 12.6. The second kappa shape index (κ2) is 4.25. The van der Waals surface area contributed by atoms with Crippen molar-refractivity contribution in [2.45, 2.75) is 24.4 Å². The summed E-state index contributed by atoms with van der Waals surface area (Å²) in [4.78, 5) is 12.1. The van der Waals surface area contributed by atoms with E-state index in [1.807, 2.05) is 30.3 Å². The van der Waals surface area contributed by atoms with Gasteiger partial charge in [-0.25, -0.2) is 0 Å². The minimum absolute atomic E-state index is 0.141. The van der Waals surface area contributed by atoms with Crippen LogP contribution in [0.3, 0.4) is 0 Å². The van der Waals surface area contributed by atoms with E-state index in [1.54, 1.807) is 13.2 Å². The van der Waals surface area contributed by atoms with Crippen LogP contribution < -0.4 is 4.74 Å². The fourth-order valence-electron chi connectivity index (χ4n) is 2.94. The molecule has 2 atom stereocenters. The number of benzene rings is 1. The van der Waals surface area contributed by atoms with Crippen molar-refractivity contribution in [3.63, 3.8) is 0 Å². The summed E-state index contributed by atoms with van der Waals surface area (Å²) >= 11 is 0. The number of hydrogen-bond acceptors (Lipinski definition) is 3. The molecule has 1 heterocycles. The summed E-state index contributed by atoms with van der Waals surface area (Å²) in [6.45, 7) is 0.740. The minimum atomic E-state index is -0.397. The van der Waals surface area contributed by atoms with Crippen LogP contribution in [0.1, 0.15) is 24.3 Å². The van der Waals surface area contributed by atoms with E-state index in [0.717, 1.165) is 30.8 Å². The first-order valence-electron chi connectivity index (χ1n) is 6.26. The van der Waals surface area contributed by atoms with Gasteiger partial charge in [0, 0.05) is 6.61 Å². The van der Waals surface area contributed by atoms with E-state index < -0.39 is 5.60 Å². The molecule has 0 unspecified atom stereocenters. The van der Waals surface area contributed by atoms with Crippen molar-refractivity contribution >= 4 is 5.78 Å². The first-order valence-corrected chi connectivity index (χ1v) is 6.26. The molecule has 3 heteroatoms. The van der Waals surface area contributed by atoms with Gasteiger partial charge in [0.1, 0.15) is 11.4 Å². The summed E-state index contributed by atoms with van der Waals surface area (Å²) in [6.07, 6.45) is 5.55. The van der Waals surface area contributed by atoms with Gasteiger partial charge in [-0.2, -0.15) is 0 Å². The van der Waals surface area contributed by atoms with Gasteiger partial charge in [-0.3, -0.25) is 4.79 Å². The van der Waals surface area contributed by atoms with Crippen molar-refractivity contribution in [2.75, 3.05) is 13.7 Å². The van der Waals surface area contributed by atoms with Crippen LogP contribution in [0, 0.1) is 0 Å². The van der Waals surface area contributed by atoms with Gasteiger partial charge in [-0.15, -0.1) is 0 Å². The fraction of sp³-hybridized carbons (Fsp3) is 0.400. The second-order valence-electron chi connectivity index (χ2n) is 4.85. The van der Waals surface area contributed by atoms with E-state index >= 15 is 0 Å². The van der Waals surface area contributed by atoms with Crippen LogP contribution in [0.4, 0.5) is 0 Å². The van der Waals surface area contributed by atoms with Gasteiger partial charge >= 0.3 is 0 Å². The number of carbonyl (C=O) groups excluding carboxylic acids is 1. The average Bonchev–Trinajstić information content (AvgIpc) is 2.99. The maximum Gasteiger partial charge on any atom is 0.166 e. The molecular formula is C15H16O3. The van der Waals surface area contributed by atoms with Crippen molar-refractivity contribution in [1.29, 1.82) is 0 Å². The minimum Gasteiger partial charge on any atom is -0.497 e. The van der Waals surface area contributed by atoms with E-state index in [4.69, 9.17) is 9.47 Å². The van der Waals surface area contributed by atoms with Crippen molar-refractivity contribution in [3.05, 3.63) is 42.0 Å². The van der Waals surface area contributed by atoms with Crippen LogP contribution in [0.15, 0.2) is 36.4 Å². The van der Waals surface area contributed by atoms with Gasteiger partial charge in [0.05, 0.1) is 13.0 Å². The maximum atomic E-state index is 12.1. The Balaban J connectivity index is 1.96. The van der Waals surface area contributed by atoms with Crippen molar-refractivity contribution < 1.29 is 14.3 Å². The molecule has 1 aromatic carbocycles. The van der Waals surface area contributed by atoms with Crippen LogP contribution in [-0.4, -0.2) is 25.1 Å². The third-order valence-corrected chi connectivity index (χ3v) is 3.83. The number of allylic oxidation sites excluding steroid dienone is 1. The summed E-state index contributed by atoms with van der Waals surface area (Å²) in [5.74, 6) is 0.756. The molecular weight excluding hydrogens is 228 g/mol. The predicted octanol–water partition coefficient (Wildman–Crippen LogP) is 2.47. The quantitative estimate of drug-likeness (QED) is 0.801. The van der Waals surface area contributed by atoms with Gasteiger partial charge in [-0.05, 0) is 42.7 Å². The molecule has 94 valence electrons. The molecule has 1 fully saturated rings. The fourth-order valence-corrected chi connectivity index (χ4v) is 2.94. The van der Waals surface area contributed by atoms with Gasteiger partial charge < -0.3 is 9.47 Å². The van der Waals surface area contributed by atoms with Crippen molar-refractivity contribution in [1.82, 2.24) is 0 Å². The normalized spacial score (nSPS) is 30.3. The SMILES string of the molecule is COc1ccc([C@@H]2C(=O)C=C[C@]23CCCO3)cc1.